The molecule has 0 spiro atoms. The van der Waals surface area contributed by atoms with Crippen molar-refractivity contribution in [2.75, 3.05) is 18.4 Å². The van der Waals surface area contributed by atoms with E-state index in [1.54, 1.807) is 37.0 Å². The summed E-state index contributed by atoms with van der Waals surface area (Å²) in [6.45, 7) is 2.90. The van der Waals surface area contributed by atoms with E-state index in [1.165, 1.54) is 5.56 Å². The Balaban J connectivity index is 1.17. The van der Waals surface area contributed by atoms with Gasteiger partial charge in [0.05, 0.1) is 24.1 Å². The fourth-order valence-electron chi connectivity index (χ4n) is 4.19. The molecule has 4 aromatic rings. The van der Waals surface area contributed by atoms with Gasteiger partial charge in [-0.05, 0) is 42.7 Å². The normalized spacial score (nSPS) is 15.0. The number of hydrogen-bond acceptors (Lipinski definition) is 5. The zero-order valence-electron chi connectivity index (χ0n) is 17.7. The summed E-state index contributed by atoms with van der Waals surface area (Å²) in [7, 11) is 0. The van der Waals surface area contributed by atoms with E-state index in [2.05, 4.69) is 44.6 Å². The van der Waals surface area contributed by atoms with Gasteiger partial charge in [-0.25, -0.2) is 4.68 Å². The number of anilines is 1. The van der Waals surface area contributed by atoms with Crippen molar-refractivity contribution in [3.8, 4) is 11.3 Å². The van der Waals surface area contributed by atoms with Crippen molar-refractivity contribution in [1.29, 1.82) is 0 Å². The standard InChI is InChI=1S/C25H25N5O2/c31-25(21-3-1-12-26-17-21)28-24-9-13-27-30(24)22-10-14-29(15-11-22)18-19-5-7-20(8-6-19)23-4-2-16-32-23/h1-9,12-13,16-17,22H,10-11,14-15,18H2,(H,28,31). The molecular formula is C25H25N5O2. The first kappa shape index (κ1) is 20.2. The van der Waals surface area contributed by atoms with Gasteiger partial charge < -0.3 is 9.73 Å². The third kappa shape index (κ3) is 4.48. The summed E-state index contributed by atoms with van der Waals surface area (Å²) in [5.41, 5.74) is 2.92. The highest BCUT2D eigenvalue weighted by Gasteiger charge is 2.23. The maximum Gasteiger partial charge on any atom is 0.258 e. The number of piperidine rings is 1. The molecule has 162 valence electrons. The van der Waals surface area contributed by atoms with Crippen molar-refractivity contribution in [1.82, 2.24) is 19.7 Å². The molecule has 1 fully saturated rings. The van der Waals surface area contributed by atoms with Crippen LogP contribution in [0.5, 0.6) is 0 Å². The smallest absolute Gasteiger partial charge is 0.258 e. The van der Waals surface area contributed by atoms with Crippen LogP contribution in [0, 0.1) is 0 Å². The van der Waals surface area contributed by atoms with Gasteiger partial charge in [0.2, 0.25) is 0 Å². The summed E-state index contributed by atoms with van der Waals surface area (Å²) in [6.07, 6.45) is 8.64. The van der Waals surface area contributed by atoms with Gasteiger partial charge in [0.15, 0.2) is 0 Å². The Bertz CT molecular complexity index is 1140. The highest BCUT2D eigenvalue weighted by molar-refractivity contribution is 6.03. The van der Waals surface area contributed by atoms with Gasteiger partial charge in [-0.2, -0.15) is 5.10 Å². The topological polar surface area (TPSA) is 76.2 Å². The Kier molecular flexibility index (Phi) is 5.81. The maximum absolute atomic E-state index is 12.5. The molecule has 0 bridgehead atoms. The Morgan fingerprint density at radius 2 is 1.88 bits per heavy atom. The molecule has 0 radical (unpaired) electrons. The van der Waals surface area contributed by atoms with E-state index in [1.807, 2.05) is 22.9 Å². The lowest BCUT2D eigenvalue weighted by Crippen LogP contribution is -2.35. The van der Waals surface area contributed by atoms with E-state index in [4.69, 9.17) is 4.42 Å². The van der Waals surface area contributed by atoms with Gasteiger partial charge in [-0.1, -0.05) is 24.3 Å². The second-order valence-corrected chi connectivity index (χ2v) is 8.04. The van der Waals surface area contributed by atoms with Crippen LogP contribution in [0.15, 0.2) is 83.9 Å². The second kappa shape index (κ2) is 9.20. The van der Waals surface area contributed by atoms with E-state index in [0.29, 0.717) is 5.56 Å². The van der Waals surface area contributed by atoms with E-state index < -0.39 is 0 Å². The largest absolute Gasteiger partial charge is 0.464 e. The first-order chi connectivity index (χ1) is 15.8. The summed E-state index contributed by atoms with van der Waals surface area (Å²) in [5.74, 6) is 1.45. The molecule has 1 aliphatic heterocycles. The Morgan fingerprint density at radius 1 is 1.03 bits per heavy atom. The monoisotopic (exact) mass is 427 g/mol. The predicted molar refractivity (Wildman–Crippen MR) is 122 cm³/mol. The van der Waals surface area contributed by atoms with Crippen LogP contribution in [0.1, 0.15) is 34.8 Å². The van der Waals surface area contributed by atoms with Crippen LogP contribution in [0.25, 0.3) is 11.3 Å². The Morgan fingerprint density at radius 3 is 2.59 bits per heavy atom. The first-order valence-corrected chi connectivity index (χ1v) is 10.9. The summed E-state index contributed by atoms with van der Waals surface area (Å²) >= 11 is 0. The number of carbonyl (C=O) groups excluding carboxylic acids is 1. The zero-order chi connectivity index (χ0) is 21.8. The van der Waals surface area contributed by atoms with Crippen LogP contribution in [-0.4, -0.2) is 38.7 Å². The SMILES string of the molecule is O=C(Nc1ccnn1C1CCN(Cc2ccc(-c3ccco3)cc2)CC1)c1cccnc1. The number of nitrogens with one attached hydrogen (secondary N) is 1. The molecule has 0 unspecified atom stereocenters. The summed E-state index contributed by atoms with van der Waals surface area (Å²) in [5, 5.41) is 7.46. The second-order valence-electron chi connectivity index (χ2n) is 8.04. The van der Waals surface area contributed by atoms with Crippen LogP contribution in [-0.2, 0) is 6.54 Å². The molecule has 5 rings (SSSR count). The van der Waals surface area contributed by atoms with Crippen molar-refractivity contribution < 1.29 is 9.21 Å². The summed E-state index contributed by atoms with van der Waals surface area (Å²) in [4.78, 5) is 19.0. The molecule has 32 heavy (non-hydrogen) atoms. The number of pyridine rings is 1. The van der Waals surface area contributed by atoms with Gasteiger partial charge in [0, 0.05) is 43.7 Å². The lowest BCUT2D eigenvalue weighted by atomic mass is 10.0. The highest BCUT2D eigenvalue weighted by Crippen LogP contribution is 2.27. The minimum atomic E-state index is -0.171. The molecule has 0 atom stereocenters. The predicted octanol–water partition coefficient (Wildman–Crippen LogP) is 4.63. The Labute approximate surface area is 186 Å². The van der Waals surface area contributed by atoms with Gasteiger partial charge in [0.1, 0.15) is 11.6 Å². The molecular weight excluding hydrogens is 402 g/mol. The fourth-order valence-corrected chi connectivity index (χ4v) is 4.19. The van der Waals surface area contributed by atoms with Crippen molar-refractivity contribution >= 4 is 11.7 Å². The quantitative estimate of drug-likeness (QED) is 0.486. The third-order valence-corrected chi connectivity index (χ3v) is 5.90. The minimum Gasteiger partial charge on any atom is -0.464 e. The average Bonchev–Trinajstić information content (AvgIpc) is 3.53. The summed E-state index contributed by atoms with van der Waals surface area (Å²) < 4.78 is 7.42. The number of hydrogen-bond donors (Lipinski definition) is 1. The molecule has 1 aliphatic rings. The van der Waals surface area contributed by atoms with Gasteiger partial charge >= 0.3 is 0 Å². The number of carbonyl (C=O) groups is 1. The minimum absolute atomic E-state index is 0.171. The van der Waals surface area contributed by atoms with Crippen LogP contribution in [0.4, 0.5) is 5.82 Å². The molecule has 1 saturated heterocycles. The lowest BCUT2D eigenvalue weighted by molar-refractivity contribution is 0.102. The van der Waals surface area contributed by atoms with E-state index in [0.717, 1.165) is 49.6 Å². The van der Waals surface area contributed by atoms with Crippen molar-refractivity contribution in [3.63, 3.8) is 0 Å². The van der Waals surface area contributed by atoms with E-state index in [-0.39, 0.29) is 11.9 Å². The molecule has 1 aromatic carbocycles. The molecule has 7 heteroatoms. The number of nitrogens with zero attached hydrogens (tertiary/aromatic N) is 4. The van der Waals surface area contributed by atoms with Crippen LogP contribution in [0.3, 0.4) is 0 Å². The Hall–Kier alpha value is -3.71. The van der Waals surface area contributed by atoms with Gasteiger partial charge in [-0.15, -0.1) is 0 Å². The van der Waals surface area contributed by atoms with Crippen molar-refractivity contribution in [2.45, 2.75) is 25.4 Å². The molecule has 1 amide bonds. The molecule has 3 aromatic heterocycles. The number of furan rings is 1. The maximum atomic E-state index is 12.5. The van der Waals surface area contributed by atoms with Crippen LogP contribution < -0.4 is 5.32 Å². The zero-order valence-corrected chi connectivity index (χ0v) is 17.7. The number of likely N-dealkylation sites (tertiary alicyclic amines) is 1. The average molecular weight is 428 g/mol. The third-order valence-electron chi connectivity index (χ3n) is 5.90. The highest BCUT2D eigenvalue weighted by atomic mass is 16.3. The molecule has 0 saturated carbocycles. The van der Waals surface area contributed by atoms with Gasteiger partial charge in [0.25, 0.3) is 5.91 Å². The molecule has 0 aliphatic carbocycles. The van der Waals surface area contributed by atoms with E-state index in [9.17, 15) is 4.79 Å². The van der Waals surface area contributed by atoms with Crippen molar-refractivity contribution in [3.05, 3.63) is 90.6 Å². The molecule has 7 nitrogen and oxygen atoms in total. The molecule has 4 heterocycles. The summed E-state index contributed by atoms with van der Waals surface area (Å²) in [6, 6.07) is 18.1. The number of amides is 1. The first-order valence-electron chi connectivity index (χ1n) is 10.9. The van der Waals surface area contributed by atoms with Crippen LogP contribution >= 0.6 is 0 Å². The lowest BCUT2D eigenvalue weighted by Gasteiger charge is -2.32. The molecule has 1 N–H and O–H groups in total. The number of rotatable bonds is 6. The van der Waals surface area contributed by atoms with E-state index >= 15 is 0 Å². The van der Waals surface area contributed by atoms with Crippen molar-refractivity contribution in [2.24, 2.45) is 0 Å². The van der Waals surface area contributed by atoms with Crippen LogP contribution in [0.2, 0.25) is 0 Å². The van der Waals surface area contributed by atoms with Gasteiger partial charge in [-0.3, -0.25) is 14.7 Å². The number of aromatic nitrogens is 3. The number of benzene rings is 1. The fraction of sp³-hybridized carbons (Fsp3) is 0.240.